The molecule has 0 aliphatic carbocycles. The quantitative estimate of drug-likeness (QED) is 0.406. The maximum atomic E-state index is 14.6. The molecule has 1 aliphatic rings. The van der Waals surface area contributed by atoms with E-state index in [9.17, 15) is 37.0 Å². The number of methoxy groups -OCH3 is 1. The van der Waals surface area contributed by atoms with Crippen molar-refractivity contribution in [1.29, 1.82) is 0 Å². The molecule has 0 amide bonds. The molecular formula is C22H17BrF5N3O5. The summed E-state index contributed by atoms with van der Waals surface area (Å²) >= 11 is 3.34. The van der Waals surface area contributed by atoms with Crippen LogP contribution in [0, 0.1) is 0 Å². The molecule has 4 rings (SSSR count). The van der Waals surface area contributed by atoms with E-state index in [2.05, 4.69) is 26.1 Å². The Labute approximate surface area is 208 Å². The zero-order valence-corrected chi connectivity index (χ0v) is 19.8. The Morgan fingerprint density at radius 3 is 2.50 bits per heavy atom. The molecule has 2 N–H and O–H groups in total. The number of aliphatic hydroxyl groups is 1. The first-order valence-electron chi connectivity index (χ1n) is 10.2. The van der Waals surface area contributed by atoms with E-state index in [-0.39, 0.29) is 22.6 Å². The molecule has 192 valence electrons. The lowest BCUT2D eigenvalue weighted by Gasteiger charge is -2.24. The van der Waals surface area contributed by atoms with E-state index in [4.69, 9.17) is 9.47 Å². The fraction of sp³-hybridized carbons (Fsp3) is 0.318. The number of alkyl halides is 5. The van der Waals surface area contributed by atoms with Crippen molar-refractivity contribution in [3.63, 3.8) is 0 Å². The van der Waals surface area contributed by atoms with E-state index in [1.165, 1.54) is 19.2 Å². The van der Waals surface area contributed by atoms with Gasteiger partial charge >= 0.3 is 18.1 Å². The number of aliphatic hydroxyl groups excluding tert-OH is 1. The van der Waals surface area contributed by atoms with Crippen LogP contribution >= 0.6 is 15.9 Å². The lowest BCUT2D eigenvalue weighted by atomic mass is 9.97. The average molecular weight is 578 g/mol. The monoisotopic (exact) mass is 577 g/mol. The summed E-state index contributed by atoms with van der Waals surface area (Å²) in [6, 6.07) is 7.00. The first-order chi connectivity index (χ1) is 16.9. The molecule has 0 saturated heterocycles. The number of hydrogen-bond donors (Lipinski definition) is 2. The zero-order chi connectivity index (χ0) is 26.4. The van der Waals surface area contributed by atoms with Gasteiger partial charge in [-0.1, -0.05) is 12.1 Å². The average Bonchev–Trinajstić information content (AvgIpc) is 3.22. The van der Waals surface area contributed by atoms with Gasteiger partial charge in [-0.15, -0.1) is 10.2 Å². The van der Waals surface area contributed by atoms with Gasteiger partial charge in [-0.3, -0.25) is 9.36 Å². The van der Waals surface area contributed by atoms with Crippen molar-refractivity contribution in [3.8, 4) is 11.4 Å². The van der Waals surface area contributed by atoms with Crippen molar-refractivity contribution in [1.82, 2.24) is 14.8 Å². The lowest BCUT2D eigenvalue weighted by molar-refractivity contribution is -0.141. The van der Waals surface area contributed by atoms with Crippen LogP contribution in [-0.4, -0.2) is 44.7 Å². The molecule has 3 aromatic rings. The Morgan fingerprint density at radius 2 is 1.89 bits per heavy atom. The Hall–Kier alpha value is -3.10. The number of benzene rings is 2. The van der Waals surface area contributed by atoms with E-state index < -0.39 is 54.7 Å². The minimum Gasteiger partial charge on any atom is -0.496 e. The molecule has 1 aromatic heterocycles. The van der Waals surface area contributed by atoms with Gasteiger partial charge in [0.25, 0.3) is 0 Å². The van der Waals surface area contributed by atoms with Crippen LogP contribution in [0.4, 0.5) is 22.0 Å². The predicted octanol–water partition coefficient (Wildman–Crippen LogP) is 4.78. The van der Waals surface area contributed by atoms with E-state index in [1.807, 2.05) is 0 Å². The van der Waals surface area contributed by atoms with E-state index in [0.29, 0.717) is 16.3 Å². The molecule has 2 aromatic carbocycles. The third-order valence-electron chi connectivity index (χ3n) is 5.54. The van der Waals surface area contributed by atoms with Crippen LogP contribution in [0.2, 0.25) is 0 Å². The lowest BCUT2D eigenvalue weighted by Crippen LogP contribution is -2.25. The maximum absolute atomic E-state index is 14.6. The summed E-state index contributed by atoms with van der Waals surface area (Å²) in [5, 5.41) is 25.8. The molecule has 0 fully saturated rings. The summed E-state index contributed by atoms with van der Waals surface area (Å²) in [5.41, 5.74) is -1.24. The Kier molecular flexibility index (Phi) is 6.79. The molecule has 0 saturated carbocycles. The standard InChI is InChI=1S/C22H17BrF5N3O5/c1-35-14-4-2-3-11(17(14)23)18-12-7-10(22(26,27)28)5-6-13(12)31-19(15(36-18)8-16(33)34)29-30-20(31)21(24,25)9-32/h2-7,15,18,32H,8-9H2,1H3,(H,33,34)/t15-,18-/m1/s1. The van der Waals surface area contributed by atoms with Gasteiger partial charge in [0.05, 0.1) is 29.3 Å². The van der Waals surface area contributed by atoms with Crippen molar-refractivity contribution in [3.05, 3.63) is 69.2 Å². The van der Waals surface area contributed by atoms with Crippen molar-refractivity contribution in [2.75, 3.05) is 13.7 Å². The van der Waals surface area contributed by atoms with Gasteiger partial charge in [-0.05, 0) is 40.2 Å². The number of halogens is 6. The minimum absolute atomic E-state index is 0.196. The highest BCUT2D eigenvalue weighted by Crippen LogP contribution is 2.47. The molecule has 8 nitrogen and oxygen atoms in total. The molecule has 0 spiro atoms. The highest BCUT2D eigenvalue weighted by Gasteiger charge is 2.44. The highest BCUT2D eigenvalue weighted by molar-refractivity contribution is 9.10. The fourth-order valence-electron chi connectivity index (χ4n) is 3.92. The van der Waals surface area contributed by atoms with Gasteiger partial charge in [0.15, 0.2) is 5.82 Å². The summed E-state index contributed by atoms with van der Waals surface area (Å²) in [6.07, 6.45) is -8.41. The third-order valence-corrected chi connectivity index (χ3v) is 6.38. The number of rotatable bonds is 6. The number of aliphatic carboxylic acids is 1. The summed E-state index contributed by atoms with van der Waals surface area (Å²) in [6.45, 7) is -1.67. The SMILES string of the molecule is COc1cccc([C@H]2O[C@H](CC(=O)O)c3nnc(C(F)(F)CO)n3-c3ccc(C(F)(F)F)cc32)c1Br. The summed E-state index contributed by atoms with van der Waals surface area (Å²) in [4.78, 5) is 11.6. The second-order valence-corrected chi connectivity index (χ2v) is 8.61. The number of carbonyl (C=O) groups is 1. The van der Waals surface area contributed by atoms with Crippen molar-refractivity contribution >= 4 is 21.9 Å². The largest absolute Gasteiger partial charge is 0.496 e. The smallest absolute Gasteiger partial charge is 0.416 e. The van der Waals surface area contributed by atoms with Gasteiger partial charge in [0.2, 0.25) is 5.82 Å². The van der Waals surface area contributed by atoms with E-state index in [1.54, 1.807) is 6.07 Å². The highest BCUT2D eigenvalue weighted by atomic mass is 79.9. The molecule has 0 radical (unpaired) electrons. The molecule has 1 aliphatic heterocycles. The topological polar surface area (TPSA) is 107 Å². The van der Waals surface area contributed by atoms with Crippen LogP contribution in [0.25, 0.3) is 5.69 Å². The van der Waals surface area contributed by atoms with Crippen LogP contribution in [-0.2, 0) is 21.6 Å². The number of nitrogens with zero attached hydrogens (tertiary/aromatic N) is 3. The predicted molar refractivity (Wildman–Crippen MR) is 116 cm³/mol. The number of aromatic nitrogens is 3. The second kappa shape index (κ2) is 9.41. The van der Waals surface area contributed by atoms with E-state index in [0.717, 1.165) is 16.7 Å². The molecule has 2 heterocycles. The summed E-state index contributed by atoms with van der Waals surface area (Å²) in [5.74, 6) is -6.48. The Balaban J connectivity index is 2.07. The van der Waals surface area contributed by atoms with Gasteiger partial charge in [0.1, 0.15) is 24.6 Å². The molecule has 14 heteroatoms. The van der Waals surface area contributed by atoms with Crippen LogP contribution in [0.3, 0.4) is 0 Å². The number of fused-ring (bicyclic) bond motifs is 3. The molecule has 0 bridgehead atoms. The molecule has 2 atom stereocenters. The molecular weight excluding hydrogens is 561 g/mol. The van der Waals surface area contributed by atoms with Crippen LogP contribution in [0.5, 0.6) is 5.75 Å². The van der Waals surface area contributed by atoms with Crippen LogP contribution in [0.1, 0.15) is 47.0 Å². The second-order valence-electron chi connectivity index (χ2n) is 7.82. The number of carboxylic acids is 1. The van der Waals surface area contributed by atoms with Crippen molar-refractivity contribution in [2.45, 2.75) is 30.7 Å². The van der Waals surface area contributed by atoms with E-state index >= 15 is 0 Å². The Bertz CT molecular complexity index is 1310. The molecule has 36 heavy (non-hydrogen) atoms. The number of ether oxygens (including phenoxy) is 2. The first-order valence-corrected chi connectivity index (χ1v) is 11.0. The zero-order valence-electron chi connectivity index (χ0n) is 18.3. The third kappa shape index (κ3) is 4.55. The summed E-state index contributed by atoms with van der Waals surface area (Å²) in [7, 11) is 1.37. The van der Waals surface area contributed by atoms with Crippen LogP contribution in [0.15, 0.2) is 40.9 Å². The minimum atomic E-state index is -4.79. The van der Waals surface area contributed by atoms with Gasteiger partial charge < -0.3 is 19.7 Å². The van der Waals surface area contributed by atoms with Crippen molar-refractivity contribution < 1.29 is 46.4 Å². The van der Waals surface area contributed by atoms with Crippen molar-refractivity contribution in [2.24, 2.45) is 0 Å². The number of carboxylic acid groups (broad SMARTS) is 1. The number of hydrogen-bond acceptors (Lipinski definition) is 6. The van der Waals surface area contributed by atoms with Gasteiger partial charge in [0, 0.05) is 11.1 Å². The fourth-order valence-corrected chi connectivity index (χ4v) is 4.55. The Morgan fingerprint density at radius 1 is 1.17 bits per heavy atom. The van der Waals surface area contributed by atoms with Crippen LogP contribution < -0.4 is 4.74 Å². The molecule has 0 unspecified atom stereocenters. The first kappa shape index (κ1) is 26.0. The van der Waals surface area contributed by atoms with Gasteiger partial charge in [-0.2, -0.15) is 22.0 Å². The summed E-state index contributed by atoms with van der Waals surface area (Å²) < 4.78 is 82.6. The maximum Gasteiger partial charge on any atom is 0.416 e. The normalized spacial score (nSPS) is 17.8. The van der Waals surface area contributed by atoms with Gasteiger partial charge in [-0.25, -0.2) is 0 Å².